The quantitative estimate of drug-likeness (QED) is 0.502. The van der Waals surface area contributed by atoms with Crippen molar-refractivity contribution in [3.8, 4) is 6.07 Å². The second-order valence-electron chi connectivity index (χ2n) is 4.07. The Hall–Kier alpha value is -1.87. The summed E-state index contributed by atoms with van der Waals surface area (Å²) in [7, 11) is 1.21. The predicted molar refractivity (Wildman–Crippen MR) is 55.0 cm³/mol. The summed E-state index contributed by atoms with van der Waals surface area (Å²) in [6.45, 7) is 1.23. The number of carbonyl (C=O) groups excluding carboxylic acids is 2. The highest BCUT2D eigenvalue weighted by Gasteiger charge is 2.63. The van der Waals surface area contributed by atoms with Gasteiger partial charge in [0.05, 0.1) is 13.2 Å². The number of hydroxylamine groups is 2. The van der Waals surface area contributed by atoms with Gasteiger partial charge in [0.25, 0.3) is 0 Å². The Morgan fingerprint density at radius 3 is 2.76 bits per heavy atom. The van der Waals surface area contributed by atoms with Gasteiger partial charge in [-0.15, -0.1) is 5.06 Å². The van der Waals surface area contributed by atoms with Crippen LogP contribution in [0.25, 0.3) is 0 Å². The maximum absolute atomic E-state index is 11.8. The molecule has 2 rings (SSSR count). The predicted octanol–water partition coefficient (Wildman–Crippen LogP) is 0.160. The Morgan fingerprint density at radius 2 is 2.24 bits per heavy atom. The summed E-state index contributed by atoms with van der Waals surface area (Å²) in [6, 6.07) is 1.70. The van der Waals surface area contributed by atoms with E-state index in [0.29, 0.717) is 6.42 Å². The number of hydrogen-bond donors (Lipinski definition) is 0. The Bertz CT molecular complexity index is 439. The van der Waals surface area contributed by atoms with Gasteiger partial charge in [0.15, 0.2) is 0 Å². The van der Waals surface area contributed by atoms with Gasteiger partial charge in [-0.3, -0.25) is 4.79 Å². The highest BCUT2D eigenvalue weighted by molar-refractivity contribution is 5.86. The second-order valence-corrected chi connectivity index (χ2v) is 4.07. The summed E-state index contributed by atoms with van der Waals surface area (Å²) < 4.78 is 4.66. The van der Waals surface area contributed by atoms with Crippen LogP contribution in [0, 0.1) is 17.2 Å². The number of fused-ring (bicyclic) bond motifs is 2. The van der Waals surface area contributed by atoms with E-state index in [1.807, 2.05) is 12.1 Å². The maximum Gasteiger partial charge on any atom is 0.345 e. The summed E-state index contributed by atoms with van der Waals surface area (Å²) in [5, 5.41) is 10.5. The van der Waals surface area contributed by atoms with Crippen LogP contribution >= 0.6 is 0 Å². The number of methoxy groups -OCH3 is 1. The minimum Gasteiger partial charge on any atom is -0.467 e. The lowest BCUT2D eigenvalue weighted by molar-refractivity contribution is -0.217. The topological polar surface area (TPSA) is 79.6 Å². The lowest BCUT2D eigenvalue weighted by Crippen LogP contribution is -2.56. The van der Waals surface area contributed by atoms with Crippen molar-refractivity contribution in [1.82, 2.24) is 5.06 Å². The van der Waals surface area contributed by atoms with E-state index < -0.39 is 17.5 Å². The molecule has 0 N–H and O–H groups in total. The lowest BCUT2D eigenvalue weighted by atomic mass is 9.87. The Kier molecular flexibility index (Phi) is 2.63. The fourth-order valence-electron chi connectivity index (χ4n) is 2.44. The average molecular weight is 236 g/mol. The summed E-state index contributed by atoms with van der Waals surface area (Å²) in [6.07, 6.45) is 4.20. The third kappa shape index (κ3) is 1.43. The fraction of sp³-hybridized carbons (Fsp3) is 0.545. The molecule has 0 spiro atoms. The number of ether oxygens (including phenoxy) is 1. The molecule has 0 radical (unpaired) electrons. The fourth-order valence-corrected chi connectivity index (χ4v) is 2.44. The molecule has 1 aliphatic carbocycles. The molecule has 2 aliphatic rings. The number of nitrogens with zero attached hydrogens (tertiary/aromatic N) is 2. The van der Waals surface area contributed by atoms with E-state index >= 15 is 0 Å². The number of nitriles is 1. The average Bonchev–Trinajstić information content (AvgIpc) is 2.87. The molecule has 1 heterocycles. The molecule has 0 amide bonds. The van der Waals surface area contributed by atoms with Crippen LogP contribution < -0.4 is 0 Å². The van der Waals surface area contributed by atoms with Gasteiger partial charge in [-0.1, -0.05) is 12.2 Å². The Morgan fingerprint density at radius 1 is 1.53 bits per heavy atom. The highest BCUT2D eigenvalue weighted by atomic mass is 16.7. The molecule has 6 heteroatoms. The third-order valence-corrected chi connectivity index (χ3v) is 3.14. The van der Waals surface area contributed by atoms with Crippen molar-refractivity contribution in [2.45, 2.75) is 24.9 Å². The van der Waals surface area contributed by atoms with Crippen LogP contribution in [0.4, 0.5) is 0 Å². The van der Waals surface area contributed by atoms with Crippen LogP contribution in [-0.4, -0.2) is 35.7 Å². The molecule has 0 saturated carbocycles. The van der Waals surface area contributed by atoms with E-state index in [1.54, 1.807) is 6.08 Å². The third-order valence-electron chi connectivity index (χ3n) is 3.14. The van der Waals surface area contributed by atoms with Crippen molar-refractivity contribution >= 4 is 11.9 Å². The van der Waals surface area contributed by atoms with Gasteiger partial charge < -0.3 is 9.57 Å². The van der Waals surface area contributed by atoms with Crippen LogP contribution in [0.1, 0.15) is 13.3 Å². The van der Waals surface area contributed by atoms with Crippen LogP contribution in [0.5, 0.6) is 0 Å². The minimum atomic E-state index is -1.54. The Labute approximate surface area is 98.3 Å². The van der Waals surface area contributed by atoms with Gasteiger partial charge in [0.1, 0.15) is 6.07 Å². The molecule has 0 aromatic carbocycles. The smallest absolute Gasteiger partial charge is 0.345 e. The zero-order chi connectivity index (χ0) is 12.6. The molecule has 17 heavy (non-hydrogen) atoms. The standard InChI is InChI=1S/C11H12N2O4/c1-7(14)17-13-9-4-3-8(5-9)11(13,6-12)10(15)16-2/h3-4,8-9H,5H2,1-2H3/t8-,9+,11+/m0/s1. The van der Waals surface area contributed by atoms with Crippen LogP contribution in [0.3, 0.4) is 0 Å². The summed E-state index contributed by atoms with van der Waals surface area (Å²) >= 11 is 0. The first-order valence-electron chi connectivity index (χ1n) is 5.22. The molecule has 3 atom stereocenters. The number of hydrogen-bond acceptors (Lipinski definition) is 6. The summed E-state index contributed by atoms with van der Waals surface area (Å²) in [4.78, 5) is 27.9. The second kappa shape index (κ2) is 3.86. The minimum absolute atomic E-state index is 0.234. The van der Waals surface area contributed by atoms with Gasteiger partial charge in [-0.05, 0) is 6.42 Å². The highest BCUT2D eigenvalue weighted by Crippen LogP contribution is 2.45. The molecule has 0 aromatic rings. The Balaban J connectivity index is 2.42. The summed E-state index contributed by atoms with van der Waals surface area (Å²) in [5.74, 6) is -1.56. The SMILES string of the molecule is COC(=O)[C@@]1(C#N)[C@H]2C=C[C@H](C2)N1OC(C)=O. The molecule has 1 saturated heterocycles. The molecular weight excluding hydrogens is 224 g/mol. The zero-order valence-corrected chi connectivity index (χ0v) is 9.54. The van der Waals surface area contributed by atoms with Crippen molar-refractivity contribution in [3.05, 3.63) is 12.2 Å². The molecule has 0 unspecified atom stereocenters. The molecule has 1 fully saturated rings. The van der Waals surface area contributed by atoms with Gasteiger partial charge in [-0.2, -0.15) is 5.26 Å². The van der Waals surface area contributed by atoms with Gasteiger partial charge >= 0.3 is 11.9 Å². The largest absolute Gasteiger partial charge is 0.467 e. The van der Waals surface area contributed by atoms with Gasteiger partial charge in [0, 0.05) is 12.8 Å². The maximum atomic E-state index is 11.8. The number of carbonyl (C=O) groups is 2. The van der Waals surface area contributed by atoms with Gasteiger partial charge in [-0.25, -0.2) is 4.79 Å². The lowest BCUT2D eigenvalue weighted by Gasteiger charge is -2.34. The first-order valence-corrected chi connectivity index (χ1v) is 5.22. The van der Waals surface area contributed by atoms with Crippen LogP contribution in [-0.2, 0) is 19.2 Å². The van der Waals surface area contributed by atoms with E-state index in [0.717, 1.165) is 5.06 Å². The first kappa shape index (κ1) is 11.6. The van der Waals surface area contributed by atoms with Crippen LogP contribution in [0.15, 0.2) is 12.2 Å². The molecule has 2 bridgehead atoms. The van der Waals surface area contributed by atoms with E-state index in [2.05, 4.69) is 4.74 Å². The zero-order valence-electron chi connectivity index (χ0n) is 9.54. The monoisotopic (exact) mass is 236 g/mol. The summed E-state index contributed by atoms with van der Waals surface area (Å²) in [5.41, 5.74) is -1.54. The molecule has 90 valence electrons. The van der Waals surface area contributed by atoms with E-state index in [4.69, 9.17) is 4.84 Å². The number of esters is 1. The molecule has 1 aliphatic heterocycles. The van der Waals surface area contributed by atoms with E-state index in [1.165, 1.54) is 14.0 Å². The van der Waals surface area contributed by atoms with Crippen molar-refractivity contribution in [1.29, 1.82) is 5.26 Å². The van der Waals surface area contributed by atoms with Crippen molar-refractivity contribution in [2.75, 3.05) is 7.11 Å². The van der Waals surface area contributed by atoms with Crippen molar-refractivity contribution in [2.24, 2.45) is 5.92 Å². The van der Waals surface area contributed by atoms with Crippen LogP contribution in [0.2, 0.25) is 0 Å². The molecule has 0 aromatic heterocycles. The van der Waals surface area contributed by atoms with E-state index in [-0.39, 0.29) is 12.0 Å². The molecule has 6 nitrogen and oxygen atoms in total. The number of rotatable bonds is 2. The van der Waals surface area contributed by atoms with Crippen molar-refractivity contribution in [3.63, 3.8) is 0 Å². The van der Waals surface area contributed by atoms with Crippen molar-refractivity contribution < 1.29 is 19.2 Å². The normalized spacial score (nSPS) is 34.4. The first-order chi connectivity index (χ1) is 8.06. The van der Waals surface area contributed by atoms with E-state index in [9.17, 15) is 14.9 Å². The molecular formula is C11H12N2O4. The van der Waals surface area contributed by atoms with Gasteiger partial charge in [0.2, 0.25) is 5.54 Å².